The summed E-state index contributed by atoms with van der Waals surface area (Å²) in [5.41, 5.74) is 4.22. The summed E-state index contributed by atoms with van der Waals surface area (Å²) in [5, 5.41) is 8.88. The van der Waals surface area contributed by atoms with Gasteiger partial charge in [0.05, 0.1) is 23.5 Å². The molecule has 0 bridgehead atoms. The molecule has 1 fully saturated rings. The lowest BCUT2D eigenvalue weighted by molar-refractivity contribution is 0.112. The van der Waals surface area contributed by atoms with Gasteiger partial charge in [-0.25, -0.2) is 0 Å². The van der Waals surface area contributed by atoms with E-state index in [2.05, 4.69) is 19.8 Å². The molecule has 3 heterocycles. The Bertz CT molecular complexity index is 1140. The lowest BCUT2D eigenvalue weighted by atomic mass is 9.95. The van der Waals surface area contributed by atoms with Crippen LogP contribution < -0.4 is 0 Å². The zero-order valence-corrected chi connectivity index (χ0v) is 16.4. The van der Waals surface area contributed by atoms with Crippen molar-refractivity contribution in [3.63, 3.8) is 0 Å². The van der Waals surface area contributed by atoms with Gasteiger partial charge in [-0.1, -0.05) is 48.7 Å². The molecule has 1 aliphatic rings. The Balaban J connectivity index is 1.56. The fraction of sp³-hybridized carbons (Fsp3) is 0.261. The van der Waals surface area contributed by atoms with Crippen molar-refractivity contribution in [2.75, 3.05) is 0 Å². The van der Waals surface area contributed by atoms with Crippen molar-refractivity contribution in [1.29, 1.82) is 0 Å². The molecule has 0 atom stereocenters. The molecule has 1 saturated carbocycles. The zero-order chi connectivity index (χ0) is 20.3. The molecule has 150 valence electrons. The van der Waals surface area contributed by atoms with E-state index in [9.17, 15) is 4.79 Å². The molecule has 4 aromatic rings. The van der Waals surface area contributed by atoms with E-state index in [1.807, 2.05) is 30.5 Å². The predicted molar refractivity (Wildman–Crippen MR) is 112 cm³/mol. The minimum Gasteiger partial charge on any atom is -0.333 e. The summed E-state index contributed by atoms with van der Waals surface area (Å²) in [6, 6.07) is 11.4. The van der Waals surface area contributed by atoms with E-state index in [0.29, 0.717) is 23.3 Å². The molecule has 7 heteroatoms. The highest BCUT2D eigenvalue weighted by atomic mass is 16.5. The maximum atomic E-state index is 10.9. The lowest BCUT2D eigenvalue weighted by Crippen LogP contribution is -2.15. The van der Waals surface area contributed by atoms with Gasteiger partial charge in [0, 0.05) is 29.1 Å². The van der Waals surface area contributed by atoms with Gasteiger partial charge < -0.3 is 4.52 Å². The van der Waals surface area contributed by atoms with Crippen LogP contribution in [0.1, 0.15) is 48.5 Å². The van der Waals surface area contributed by atoms with Crippen LogP contribution in [0.25, 0.3) is 34.1 Å². The Morgan fingerprint density at radius 3 is 2.47 bits per heavy atom. The molecule has 0 unspecified atom stereocenters. The molecule has 0 radical (unpaired) electrons. The van der Waals surface area contributed by atoms with Crippen LogP contribution in [0.3, 0.4) is 0 Å². The molecule has 5 rings (SSSR count). The topological polar surface area (TPSA) is 86.7 Å². The first-order valence-corrected chi connectivity index (χ1v) is 10.2. The quantitative estimate of drug-likeness (QED) is 0.440. The first kappa shape index (κ1) is 18.4. The second-order valence-electron chi connectivity index (χ2n) is 7.54. The maximum absolute atomic E-state index is 10.9. The molecule has 1 aliphatic carbocycles. The number of pyridine rings is 1. The van der Waals surface area contributed by atoms with Gasteiger partial charge in [-0.2, -0.15) is 10.1 Å². The van der Waals surface area contributed by atoms with Crippen LogP contribution in [-0.4, -0.2) is 31.2 Å². The SMILES string of the molecule is O=Cc1ccc(-c2noc(-c3cnn(C4CCCCC4)c3-c3ccncc3)n2)cc1. The van der Waals surface area contributed by atoms with Crippen molar-refractivity contribution < 1.29 is 9.32 Å². The highest BCUT2D eigenvalue weighted by molar-refractivity contribution is 5.78. The Hall–Kier alpha value is -3.61. The molecule has 7 nitrogen and oxygen atoms in total. The summed E-state index contributed by atoms with van der Waals surface area (Å²) >= 11 is 0. The summed E-state index contributed by atoms with van der Waals surface area (Å²) in [6.45, 7) is 0. The number of benzene rings is 1. The smallest absolute Gasteiger partial charge is 0.262 e. The molecule has 0 spiro atoms. The minimum absolute atomic E-state index is 0.369. The molecular formula is C23H21N5O2. The maximum Gasteiger partial charge on any atom is 0.262 e. The second kappa shape index (κ2) is 8.02. The van der Waals surface area contributed by atoms with Crippen LogP contribution in [0.15, 0.2) is 59.5 Å². The number of hydrogen-bond donors (Lipinski definition) is 0. The van der Waals surface area contributed by atoms with Gasteiger partial charge in [-0.15, -0.1) is 0 Å². The van der Waals surface area contributed by atoms with Crippen LogP contribution in [-0.2, 0) is 0 Å². The number of nitrogens with zero attached hydrogens (tertiary/aromatic N) is 5. The third-order valence-corrected chi connectivity index (χ3v) is 5.63. The van der Waals surface area contributed by atoms with E-state index in [1.54, 1.807) is 24.5 Å². The van der Waals surface area contributed by atoms with Gasteiger partial charge in [-0.05, 0) is 25.0 Å². The summed E-state index contributed by atoms with van der Waals surface area (Å²) < 4.78 is 7.74. The monoisotopic (exact) mass is 399 g/mol. The minimum atomic E-state index is 0.369. The highest BCUT2D eigenvalue weighted by Crippen LogP contribution is 2.37. The first-order chi connectivity index (χ1) is 14.8. The third kappa shape index (κ3) is 3.43. The van der Waals surface area contributed by atoms with E-state index in [-0.39, 0.29) is 0 Å². The molecule has 0 aliphatic heterocycles. The summed E-state index contributed by atoms with van der Waals surface area (Å²) in [6.07, 6.45) is 12.2. The number of aldehydes is 1. The number of hydrogen-bond acceptors (Lipinski definition) is 6. The van der Waals surface area contributed by atoms with E-state index >= 15 is 0 Å². The fourth-order valence-corrected chi connectivity index (χ4v) is 4.08. The Kier molecular flexibility index (Phi) is 4.93. The molecule has 0 N–H and O–H groups in total. The predicted octanol–water partition coefficient (Wildman–Crippen LogP) is 4.98. The second-order valence-corrected chi connectivity index (χ2v) is 7.54. The fourth-order valence-electron chi connectivity index (χ4n) is 4.08. The van der Waals surface area contributed by atoms with E-state index in [1.165, 1.54) is 19.3 Å². The third-order valence-electron chi connectivity index (χ3n) is 5.63. The first-order valence-electron chi connectivity index (χ1n) is 10.2. The van der Waals surface area contributed by atoms with Gasteiger partial charge in [0.15, 0.2) is 0 Å². The van der Waals surface area contributed by atoms with Crippen molar-refractivity contribution in [2.24, 2.45) is 0 Å². The van der Waals surface area contributed by atoms with E-state index in [0.717, 1.165) is 41.5 Å². The summed E-state index contributed by atoms with van der Waals surface area (Å²) in [5.74, 6) is 0.909. The number of rotatable bonds is 5. The Labute approximate surface area is 173 Å². The average Bonchev–Trinajstić information content (AvgIpc) is 3.48. The normalized spacial score (nSPS) is 14.7. The highest BCUT2D eigenvalue weighted by Gasteiger charge is 2.25. The molecule has 0 saturated heterocycles. The van der Waals surface area contributed by atoms with Gasteiger partial charge in [0.25, 0.3) is 5.89 Å². The Morgan fingerprint density at radius 1 is 0.967 bits per heavy atom. The van der Waals surface area contributed by atoms with Gasteiger partial charge in [0.2, 0.25) is 5.82 Å². The van der Waals surface area contributed by atoms with Crippen LogP contribution in [0.2, 0.25) is 0 Å². The van der Waals surface area contributed by atoms with Crippen LogP contribution in [0.5, 0.6) is 0 Å². The van der Waals surface area contributed by atoms with Crippen LogP contribution >= 0.6 is 0 Å². The summed E-state index contributed by atoms with van der Waals surface area (Å²) in [4.78, 5) is 19.7. The number of carbonyl (C=O) groups excluding carboxylic acids is 1. The van der Waals surface area contributed by atoms with Gasteiger partial charge >= 0.3 is 0 Å². The van der Waals surface area contributed by atoms with Crippen molar-refractivity contribution in [2.45, 2.75) is 38.1 Å². The van der Waals surface area contributed by atoms with Crippen molar-refractivity contribution >= 4 is 6.29 Å². The van der Waals surface area contributed by atoms with E-state index in [4.69, 9.17) is 9.62 Å². The summed E-state index contributed by atoms with van der Waals surface area (Å²) in [7, 11) is 0. The standard InChI is InChI=1S/C23H21N5O2/c29-15-16-6-8-18(9-7-16)22-26-23(30-27-22)20-14-25-28(19-4-2-1-3-5-19)21(20)17-10-12-24-13-11-17/h6-15,19H,1-5H2. The average molecular weight is 399 g/mol. The molecule has 30 heavy (non-hydrogen) atoms. The molecule has 1 aromatic carbocycles. The lowest BCUT2D eigenvalue weighted by Gasteiger charge is -2.24. The van der Waals surface area contributed by atoms with Crippen LogP contribution in [0, 0.1) is 0 Å². The van der Waals surface area contributed by atoms with Gasteiger partial charge in [0.1, 0.15) is 6.29 Å². The number of carbonyl (C=O) groups is 1. The molecule has 0 amide bonds. The molecule has 3 aromatic heterocycles. The Morgan fingerprint density at radius 2 is 1.73 bits per heavy atom. The largest absolute Gasteiger partial charge is 0.333 e. The van der Waals surface area contributed by atoms with Crippen molar-refractivity contribution in [3.05, 3.63) is 60.6 Å². The van der Waals surface area contributed by atoms with Crippen LogP contribution in [0.4, 0.5) is 0 Å². The van der Waals surface area contributed by atoms with Gasteiger partial charge in [-0.3, -0.25) is 14.5 Å². The van der Waals surface area contributed by atoms with E-state index < -0.39 is 0 Å². The van der Waals surface area contributed by atoms with Crippen molar-refractivity contribution in [1.82, 2.24) is 24.9 Å². The molecular weight excluding hydrogens is 378 g/mol. The number of aromatic nitrogens is 5. The van der Waals surface area contributed by atoms with Crippen molar-refractivity contribution in [3.8, 4) is 34.1 Å². The zero-order valence-electron chi connectivity index (χ0n) is 16.4.